The SMILES string of the molecule is O=S(=O)(Nc1cccc(OC(F)(F)F)c1)c1cc(OCC(F)(F)F)ccc1OCC(F)(F)F. The van der Waals surface area contributed by atoms with Crippen molar-refractivity contribution in [3.8, 4) is 17.2 Å². The predicted molar refractivity (Wildman–Crippen MR) is 93.5 cm³/mol. The molecule has 0 saturated heterocycles. The van der Waals surface area contributed by atoms with Gasteiger partial charge in [0.2, 0.25) is 0 Å². The molecule has 16 heteroatoms. The molecule has 0 aromatic heterocycles. The Kier molecular flexibility index (Phi) is 7.50. The van der Waals surface area contributed by atoms with Gasteiger partial charge in [0.25, 0.3) is 10.0 Å². The largest absolute Gasteiger partial charge is 0.573 e. The average Bonchev–Trinajstić information content (AvgIpc) is 2.62. The summed E-state index contributed by atoms with van der Waals surface area (Å²) < 4.78 is 151. The van der Waals surface area contributed by atoms with E-state index in [1.165, 1.54) is 0 Å². The third-order valence-corrected chi connectivity index (χ3v) is 4.72. The Labute approximate surface area is 179 Å². The van der Waals surface area contributed by atoms with Crippen LogP contribution in [-0.4, -0.2) is 40.3 Å². The zero-order valence-electron chi connectivity index (χ0n) is 15.8. The highest BCUT2D eigenvalue weighted by Gasteiger charge is 2.33. The van der Waals surface area contributed by atoms with E-state index < -0.39 is 69.8 Å². The van der Waals surface area contributed by atoms with Crippen molar-refractivity contribution in [1.82, 2.24) is 0 Å². The first-order valence-corrected chi connectivity index (χ1v) is 9.84. The van der Waals surface area contributed by atoms with Gasteiger partial charge in [0.1, 0.15) is 22.1 Å². The van der Waals surface area contributed by atoms with E-state index in [1.54, 1.807) is 4.72 Å². The Hall–Kier alpha value is -3.04. The van der Waals surface area contributed by atoms with Crippen LogP contribution in [0.5, 0.6) is 17.2 Å². The fourth-order valence-corrected chi connectivity index (χ4v) is 3.41. The van der Waals surface area contributed by atoms with E-state index in [0.29, 0.717) is 18.2 Å². The minimum Gasteiger partial charge on any atom is -0.484 e. The zero-order valence-corrected chi connectivity index (χ0v) is 16.6. The molecule has 0 amide bonds. The lowest BCUT2D eigenvalue weighted by molar-refractivity contribution is -0.274. The summed E-state index contributed by atoms with van der Waals surface area (Å²) in [7, 11) is -4.89. The predicted octanol–water partition coefficient (Wildman–Crippen LogP) is 5.27. The summed E-state index contributed by atoms with van der Waals surface area (Å²) in [4.78, 5) is -1.06. The number of ether oxygens (including phenoxy) is 3. The molecule has 2 rings (SSSR count). The molecule has 2 aromatic rings. The Morgan fingerprint density at radius 1 is 0.758 bits per heavy atom. The first-order chi connectivity index (χ1) is 14.9. The van der Waals surface area contributed by atoms with Crippen molar-refractivity contribution in [3.05, 3.63) is 42.5 Å². The molecule has 0 atom stereocenters. The fraction of sp³-hybridized carbons (Fsp3) is 0.294. The number of nitrogens with one attached hydrogen (secondary N) is 1. The van der Waals surface area contributed by atoms with E-state index >= 15 is 0 Å². The zero-order chi connectivity index (χ0) is 25.1. The summed E-state index contributed by atoms with van der Waals surface area (Å²) in [6.07, 6.45) is -14.8. The highest BCUT2D eigenvalue weighted by atomic mass is 32.2. The van der Waals surface area contributed by atoms with Gasteiger partial charge in [-0.1, -0.05) is 6.07 Å². The van der Waals surface area contributed by atoms with E-state index in [4.69, 9.17) is 0 Å². The maximum Gasteiger partial charge on any atom is 0.573 e. The standard InChI is InChI=1S/C17H12F9NO5S/c18-15(19,20)8-30-11-4-5-13(31-9-16(21,22)23)14(7-11)33(28,29)27-10-2-1-3-12(6-10)32-17(24,25)26/h1-7,27H,8-9H2. The summed E-state index contributed by atoms with van der Waals surface area (Å²) in [5, 5.41) is 0. The van der Waals surface area contributed by atoms with Gasteiger partial charge in [0.05, 0.1) is 5.69 Å². The lowest BCUT2D eigenvalue weighted by atomic mass is 10.3. The molecule has 6 nitrogen and oxygen atoms in total. The second-order valence-electron chi connectivity index (χ2n) is 6.10. The molecule has 0 aliphatic heterocycles. The van der Waals surface area contributed by atoms with Gasteiger partial charge in [-0.3, -0.25) is 4.72 Å². The maximum absolute atomic E-state index is 12.7. The average molecular weight is 513 g/mol. The number of sulfonamides is 1. The summed E-state index contributed by atoms with van der Waals surface area (Å²) >= 11 is 0. The molecule has 184 valence electrons. The molecule has 1 N–H and O–H groups in total. The summed E-state index contributed by atoms with van der Waals surface area (Å²) in [6, 6.07) is 5.27. The van der Waals surface area contributed by atoms with Crippen molar-refractivity contribution in [2.24, 2.45) is 0 Å². The fourth-order valence-electron chi connectivity index (χ4n) is 2.20. The van der Waals surface area contributed by atoms with Crippen LogP contribution in [0.15, 0.2) is 47.4 Å². The molecule has 0 aliphatic carbocycles. The quantitative estimate of drug-likeness (QED) is 0.487. The van der Waals surface area contributed by atoms with Gasteiger partial charge < -0.3 is 14.2 Å². The van der Waals surface area contributed by atoms with Gasteiger partial charge >= 0.3 is 18.7 Å². The third kappa shape index (κ3) is 9.15. The Balaban J connectivity index is 2.39. The monoisotopic (exact) mass is 513 g/mol. The molecular weight excluding hydrogens is 501 g/mol. The van der Waals surface area contributed by atoms with Crippen molar-refractivity contribution in [1.29, 1.82) is 0 Å². The lowest BCUT2D eigenvalue weighted by Gasteiger charge is -2.17. The first-order valence-electron chi connectivity index (χ1n) is 8.35. The second-order valence-corrected chi connectivity index (χ2v) is 7.75. The van der Waals surface area contributed by atoms with Crippen LogP contribution < -0.4 is 18.9 Å². The molecule has 0 fully saturated rings. The van der Waals surface area contributed by atoms with E-state index in [1.807, 2.05) is 0 Å². The van der Waals surface area contributed by atoms with E-state index in [9.17, 15) is 47.9 Å². The molecule has 0 radical (unpaired) electrons. The molecular formula is C17H12F9NO5S. The van der Waals surface area contributed by atoms with Crippen LogP contribution in [0.25, 0.3) is 0 Å². The molecule has 0 spiro atoms. The minimum absolute atomic E-state index is 0.468. The van der Waals surface area contributed by atoms with Gasteiger partial charge in [-0.2, -0.15) is 26.3 Å². The van der Waals surface area contributed by atoms with Crippen molar-refractivity contribution < 1.29 is 62.1 Å². The van der Waals surface area contributed by atoms with E-state index in [-0.39, 0.29) is 0 Å². The highest BCUT2D eigenvalue weighted by Crippen LogP contribution is 2.33. The van der Waals surface area contributed by atoms with Crippen molar-refractivity contribution >= 4 is 15.7 Å². The van der Waals surface area contributed by atoms with Gasteiger partial charge in [-0.25, -0.2) is 8.42 Å². The topological polar surface area (TPSA) is 73.9 Å². The first kappa shape index (κ1) is 26.2. The summed E-state index contributed by atoms with van der Waals surface area (Å²) in [5.41, 5.74) is -0.500. The number of rotatable bonds is 8. The van der Waals surface area contributed by atoms with Crippen molar-refractivity contribution in [3.63, 3.8) is 0 Å². The van der Waals surface area contributed by atoms with Crippen LogP contribution in [0.1, 0.15) is 0 Å². The smallest absolute Gasteiger partial charge is 0.484 e. The molecule has 0 saturated carbocycles. The molecule has 33 heavy (non-hydrogen) atoms. The number of hydrogen-bond donors (Lipinski definition) is 1. The van der Waals surface area contributed by atoms with Crippen molar-refractivity contribution in [2.45, 2.75) is 23.6 Å². The van der Waals surface area contributed by atoms with Gasteiger partial charge in [0.15, 0.2) is 13.2 Å². The van der Waals surface area contributed by atoms with Crippen LogP contribution in [0.3, 0.4) is 0 Å². The second kappa shape index (κ2) is 9.44. The van der Waals surface area contributed by atoms with Gasteiger partial charge in [-0.15, -0.1) is 13.2 Å². The number of hydrogen-bond acceptors (Lipinski definition) is 5. The van der Waals surface area contributed by atoms with Gasteiger partial charge in [-0.05, 0) is 24.3 Å². The van der Waals surface area contributed by atoms with E-state index in [2.05, 4.69) is 14.2 Å². The summed E-state index contributed by atoms with van der Waals surface area (Å²) in [5.74, 6) is -2.40. The van der Waals surface area contributed by atoms with Crippen LogP contribution in [-0.2, 0) is 10.0 Å². The Morgan fingerprint density at radius 2 is 1.36 bits per heavy atom. The van der Waals surface area contributed by atoms with Crippen LogP contribution in [0.4, 0.5) is 45.2 Å². The molecule has 0 aliphatic rings. The number of alkyl halides is 9. The maximum atomic E-state index is 12.7. The third-order valence-electron chi connectivity index (χ3n) is 3.32. The Morgan fingerprint density at radius 3 is 1.94 bits per heavy atom. The molecule has 2 aromatic carbocycles. The van der Waals surface area contributed by atoms with Crippen LogP contribution >= 0.6 is 0 Å². The van der Waals surface area contributed by atoms with Crippen LogP contribution in [0.2, 0.25) is 0 Å². The molecule has 0 unspecified atom stereocenters. The number of halogens is 9. The van der Waals surface area contributed by atoms with Crippen molar-refractivity contribution in [2.75, 3.05) is 17.9 Å². The normalized spacial score (nSPS) is 12.9. The molecule has 0 bridgehead atoms. The molecule has 0 heterocycles. The van der Waals surface area contributed by atoms with Crippen LogP contribution in [0, 0.1) is 0 Å². The minimum atomic E-state index is -5.10. The number of anilines is 1. The van der Waals surface area contributed by atoms with E-state index in [0.717, 1.165) is 24.3 Å². The highest BCUT2D eigenvalue weighted by molar-refractivity contribution is 7.92. The number of benzene rings is 2. The Bertz CT molecular complexity index is 1070. The summed E-state index contributed by atoms with van der Waals surface area (Å²) in [6.45, 7) is -3.77. The lowest BCUT2D eigenvalue weighted by Crippen LogP contribution is -2.22. The van der Waals surface area contributed by atoms with Gasteiger partial charge in [0, 0.05) is 12.1 Å².